The number of nitrogens with zero attached hydrogens (tertiary/aromatic N) is 2. The van der Waals surface area contributed by atoms with Crippen LogP contribution in [0.3, 0.4) is 0 Å². The third-order valence-corrected chi connectivity index (χ3v) is 5.27. The van der Waals surface area contributed by atoms with Gasteiger partial charge >= 0.3 is 30.5 Å². The fourth-order valence-corrected chi connectivity index (χ4v) is 3.77. The highest BCUT2D eigenvalue weighted by Gasteiger charge is 2.48. The molecule has 156 valence electrons. The molecule has 15 heteroatoms. The zero-order chi connectivity index (χ0) is 20.9. The summed E-state index contributed by atoms with van der Waals surface area (Å²) in [4.78, 5) is 37.3. The molecular formula is C12H17F4N3O7S. The molecule has 2 saturated heterocycles. The van der Waals surface area contributed by atoms with Gasteiger partial charge in [-0.2, -0.15) is 18.2 Å². The highest BCUT2D eigenvalue weighted by Crippen LogP contribution is 2.32. The van der Waals surface area contributed by atoms with Crippen LogP contribution in [0.1, 0.15) is 12.8 Å². The number of hydrogen-bond acceptors (Lipinski definition) is 6. The lowest BCUT2D eigenvalue weighted by atomic mass is 10.1. The Balaban J connectivity index is 0.000000445. The minimum absolute atomic E-state index is 0.250. The third kappa shape index (κ3) is 6.00. The van der Waals surface area contributed by atoms with Crippen molar-refractivity contribution in [3.63, 3.8) is 0 Å². The average Bonchev–Trinajstić information content (AvgIpc) is 2.79. The minimum Gasteiger partial charge on any atom is -0.477 e. The van der Waals surface area contributed by atoms with E-state index in [2.05, 4.69) is 4.84 Å². The first-order chi connectivity index (χ1) is 12.4. The van der Waals surface area contributed by atoms with Crippen LogP contribution in [0.4, 0.5) is 22.4 Å². The Labute approximate surface area is 152 Å². The van der Waals surface area contributed by atoms with Gasteiger partial charge in [0.25, 0.3) is 0 Å². The van der Waals surface area contributed by atoms with Gasteiger partial charge < -0.3 is 20.8 Å². The Morgan fingerprint density at radius 3 is 2.33 bits per heavy atom. The Kier molecular flexibility index (Phi) is 7.91. The normalized spacial score (nSPS) is 24.1. The smallest absolute Gasteiger partial charge is 0.477 e. The van der Waals surface area contributed by atoms with E-state index in [1.165, 1.54) is 4.90 Å². The topological polar surface area (TPSA) is 150 Å². The summed E-state index contributed by atoms with van der Waals surface area (Å²) in [5.74, 6) is -4.27. The van der Waals surface area contributed by atoms with E-state index in [0.29, 0.717) is 12.8 Å². The molecule has 2 fully saturated rings. The van der Waals surface area contributed by atoms with Crippen LogP contribution in [-0.4, -0.2) is 85.1 Å². The van der Waals surface area contributed by atoms with E-state index in [4.69, 9.17) is 20.7 Å². The summed E-state index contributed by atoms with van der Waals surface area (Å²) in [6.07, 6.45) is -6.70. The number of hydrogen-bond donors (Lipinski definition) is 3. The van der Waals surface area contributed by atoms with Crippen LogP contribution >= 0.6 is 0 Å². The van der Waals surface area contributed by atoms with Gasteiger partial charge in [0.2, 0.25) is 0 Å². The van der Waals surface area contributed by atoms with E-state index in [-0.39, 0.29) is 18.8 Å². The molecule has 0 saturated carbocycles. The average molecular weight is 423 g/mol. The van der Waals surface area contributed by atoms with Gasteiger partial charge in [-0.3, -0.25) is 4.21 Å². The summed E-state index contributed by atoms with van der Waals surface area (Å²) in [5, 5.41) is 15.9. The number of halogens is 4. The number of nitrogens with two attached hydrogens (primary N) is 1. The molecule has 2 aliphatic rings. The highest BCUT2D eigenvalue weighted by atomic mass is 32.2. The maximum Gasteiger partial charge on any atom is 0.490 e. The van der Waals surface area contributed by atoms with Crippen LogP contribution in [0.5, 0.6) is 0 Å². The van der Waals surface area contributed by atoms with Crippen molar-refractivity contribution in [3.8, 4) is 0 Å². The number of fused-ring (bicyclic) bond motifs is 2. The summed E-state index contributed by atoms with van der Waals surface area (Å²) < 4.78 is 56.8. The van der Waals surface area contributed by atoms with Crippen molar-refractivity contribution < 1.29 is 51.2 Å². The summed E-state index contributed by atoms with van der Waals surface area (Å²) in [6.45, 7) is 0.506. The fraction of sp³-hybridized carbons (Fsp3) is 0.750. The van der Waals surface area contributed by atoms with E-state index >= 15 is 0 Å². The molecule has 4 atom stereocenters. The van der Waals surface area contributed by atoms with Crippen molar-refractivity contribution >= 4 is 28.8 Å². The molecule has 0 unspecified atom stereocenters. The van der Waals surface area contributed by atoms with Crippen LogP contribution in [0, 0.1) is 0 Å². The zero-order valence-electron chi connectivity index (χ0n) is 13.6. The number of urea groups is 1. The number of amides is 2. The molecule has 0 aromatic heterocycles. The van der Waals surface area contributed by atoms with Crippen molar-refractivity contribution in [2.24, 2.45) is 5.73 Å². The number of carbonyl (C=O) groups excluding carboxylic acids is 1. The first kappa shape index (κ1) is 23.0. The molecule has 0 aromatic rings. The second kappa shape index (κ2) is 9.27. The summed E-state index contributed by atoms with van der Waals surface area (Å²) >= 11 is 0. The lowest BCUT2D eigenvalue weighted by molar-refractivity contribution is -0.223. The number of carboxylic acids is 2. The van der Waals surface area contributed by atoms with E-state index < -0.39 is 52.7 Å². The number of aliphatic carboxylic acids is 2. The van der Waals surface area contributed by atoms with E-state index in [9.17, 15) is 31.4 Å². The number of piperidine rings is 1. The SMILES string of the molecule is NCC[S@@](=O)[C@@H]1CC[C@@H]2CN1C(=O)N2O[C@H](F)C(=O)O.O=C(O)C(F)(F)F. The molecule has 27 heavy (non-hydrogen) atoms. The lowest BCUT2D eigenvalue weighted by Gasteiger charge is -2.29. The lowest BCUT2D eigenvalue weighted by Crippen LogP contribution is -2.44. The van der Waals surface area contributed by atoms with Crippen molar-refractivity contribution in [3.05, 3.63) is 0 Å². The van der Waals surface area contributed by atoms with Crippen molar-refractivity contribution in [2.45, 2.75) is 36.8 Å². The molecule has 0 spiro atoms. The Hall–Kier alpha value is -2.00. The number of carbonyl (C=O) groups is 3. The number of hydroxylamine groups is 2. The van der Waals surface area contributed by atoms with E-state index in [0.717, 1.165) is 5.06 Å². The Morgan fingerprint density at radius 1 is 1.33 bits per heavy atom. The molecule has 2 heterocycles. The second-order valence-corrected chi connectivity index (χ2v) is 7.10. The highest BCUT2D eigenvalue weighted by molar-refractivity contribution is 7.85. The molecule has 2 bridgehead atoms. The Morgan fingerprint density at radius 2 is 1.89 bits per heavy atom. The van der Waals surface area contributed by atoms with Gasteiger partial charge in [0, 0.05) is 29.6 Å². The predicted octanol–water partition coefficient (Wildman–Crippen LogP) is -0.135. The van der Waals surface area contributed by atoms with Gasteiger partial charge in [0.1, 0.15) is 5.37 Å². The Bertz CT molecular complexity index is 606. The second-order valence-electron chi connectivity index (χ2n) is 5.38. The predicted molar refractivity (Wildman–Crippen MR) is 80.1 cm³/mol. The first-order valence-corrected chi connectivity index (χ1v) is 8.79. The van der Waals surface area contributed by atoms with Gasteiger partial charge in [-0.05, 0) is 12.8 Å². The molecular weight excluding hydrogens is 406 g/mol. The van der Waals surface area contributed by atoms with Crippen LogP contribution in [0.15, 0.2) is 0 Å². The molecule has 0 radical (unpaired) electrons. The summed E-state index contributed by atoms with van der Waals surface area (Å²) in [5.41, 5.74) is 5.35. The zero-order valence-corrected chi connectivity index (χ0v) is 14.4. The maximum atomic E-state index is 13.1. The molecule has 10 nitrogen and oxygen atoms in total. The molecule has 2 amide bonds. The van der Waals surface area contributed by atoms with Crippen LogP contribution in [0.25, 0.3) is 0 Å². The van der Waals surface area contributed by atoms with Crippen molar-refractivity contribution in [1.82, 2.24) is 9.96 Å². The minimum atomic E-state index is -5.08. The largest absolute Gasteiger partial charge is 0.490 e. The molecule has 0 aliphatic carbocycles. The van der Waals surface area contributed by atoms with Crippen LogP contribution in [-0.2, 0) is 25.2 Å². The van der Waals surface area contributed by atoms with Crippen LogP contribution in [0.2, 0.25) is 0 Å². The van der Waals surface area contributed by atoms with Gasteiger partial charge in [-0.1, -0.05) is 0 Å². The number of carboxylic acid groups (broad SMARTS) is 2. The fourth-order valence-electron chi connectivity index (χ4n) is 2.40. The maximum absolute atomic E-state index is 13.1. The third-order valence-electron chi connectivity index (χ3n) is 3.53. The van der Waals surface area contributed by atoms with E-state index in [1.807, 2.05) is 0 Å². The molecule has 2 aliphatic heterocycles. The number of rotatable bonds is 6. The van der Waals surface area contributed by atoms with Crippen molar-refractivity contribution in [2.75, 3.05) is 18.8 Å². The van der Waals surface area contributed by atoms with E-state index in [1.54, 1.807) is 0 Å². The summed E-state index contributed by atoms with van der Waals surface area (Å²) in [7, 11) is -1.28. The molecule has 2 rings (SSSR count). The molecule has 0 aromatic carbocycles. The molecule has 4 N–H and O–H groups in total. The van der Waals surface area contributed by atoms with Gasteiger partial charge in [0.05, 0.1) is 6.04 Å². The standard InChI is InChI=1S/C10H16FN3O5S.C2HF3O2/c11-8(9(15)16)19-14-6-1-2-7(20(18)4-3-12)13(5-6)10(14)17;3-2(4,5)1(6)7/h6-8H,1-5,12H2,(H,15,16);(H,6,7)/t6-,7-,8+,20-;/m1./s1. The van der Waals surface area contributed by atoms with Crippen LogP contribution < -0.4 is 5.73 Å². The van der Waals surface area contributed by atoms with Gasteiger partial charge in [0.15, 0.2) is 0 Å². The van der Waals surface area contributed by atoms with Crippen molar-refractivity contribution in [1.29, 1.82) is 0 Å². The van der Waals surface area contributed by atoms with Gasteiger partial charge in [-0.15, -0.1) is 0 Å². The first-order valence-electron chi connectivity index (χ1n) is 7.41. The summed E-state index contributed by atoms with van der Waals surface area (Å²) in [6, 6.07) is -1.06. The number of alkyl halides is 4. The monoisotopic (exact) mass is 423 g/mol. The quantitative estimate of drug-likeness (QED) is 0.500. The van der Waals surface area contributed by atoms with Gasteiger partial charge in [-0.25, -0.2) is 23.6 Å².